The maximum Gasteiger partial charge on any atom is 0.310 e. The predicted molar refractivity (Wildman–Crippen MR) is 90.3 cm³/mol. The Hall–Kier alpha value is -2.95. The second kappa shape index (κ2) is 6.16. The number of anilines is 1. The molecule has 2 aliphatic rings. The smallest absolute Gasteiger partial charge is 0.310 e. The minimum Gasteiger partial charge on any atom is -0.461 e. The van der Waals surface area contributed by atoms with E-state index in [1.807, 2.05) is 36.4 Å². The normalized spacial score (nSPS) is 24.6. The lowest BCUT2D eigenvalue weighted by molar-refractivity contribution is -0.161. The van der Waals surface area contributed by atoms with E-state index in [2.05, 4.69) is 0 Å². The third-order valence-corrected chi connectivity index (χ3v) is 4.96. The molecule has 0 radical (unpaired) electrons. The van der Waals surface area contributed by atoms with Crippen molar-refractivity contribution in [3.05, 3.63) is 66.2 Å². The maximum atomic E-state index is 12.7. The van der Waals surface area contributed by atoms with Crippen LogP contribution in [0.3, 0.4) is 0 Å². The molecule has 0 bridgehead atoms. The highest BCUT2D eigenvalue weighted by Crippen LogP contribution is 2.49. The first-order valence-corrected chi connectivity index (χ1v) is 8.30. The Morgan fingerprint density at radius 1 is 0.960 bits per heavy atom. The van der Waals surface area contributed by atoms with E-state index in [0.29, 0.717) is 12.1 Å². The number of hydrogen-bond acceptors (Lipinski definition) is 4. The molecule has 1 saturated heterocycles. The fourth-order valence-corrected chi connectivity index (χ4v) is 3.58. The van der Waals surface area contributed by atoms with Crippen LogP contribution in [0.5, 0.6) is 0 Å². The lowest BCUT2D eigenvalue weighted by atomic mass is 9.66. The summed E-state index contributed by atoms with van der Waals surface area (Å²) in [4.78, 5) is 38.7. The van der Waals surface area contributed by atoms with E-state index < -0.39 is 23.7 Å². The number of benzene rings is 2. The summed E-state index contributed by atoms with van der Waals surface area (Å²) in [6.45, 7) is 0.179. The van der Waals surface area contributed by atoms with Crippen LogP contribution in [0.2, 0.25) is 0 Å². The Bertz CT molecular complexity index is 818. The summed E-state index contributed by atoms with van der Waals surface area (Å²) in [5.74, 6) is -2.43. The number of hydrogen-bond donors (Lipinski definition) is 0. The van der Waals surface area contributed by atoms with Gasteiger partial charge in [-0.15, -0.1) is 0 Å². The minimum atomic E-state index is -0.587. The van der Waals surface area contributed by atoms with Gasteiger partial charge in [0.2, 0.25) is 11.8 Å². The van der Waals surface area contributed by atoms with Crippen molar-refractivity contribution in [3.8, 4) is 0 Å². The number of amides is 2. The van der Waals surface area contributed by atoms with E-state index in [1.54, 1.807) is 24.3 Å². The molecule has 5 heteroatoms. The second-order valence-corrected chi connectivity index (χ2v) is 6.42. The lowest BCUT2D eigenvalue weighted by Gasteiger charge is -2.34. The molecule has 0 unspecified atom stereocenters. The van der Waals surface area contributed by atoms with Crippen molar-refractivity contribution in [3.63, 3.8) is 0 Å². The van der Waals surface area contributed by atoms with Crippen LogP contribution in [0.4, 0.5) is 5.69 Å². The molecule has 1 aliphatic heterocycles. The summed E-state index contributed by atoms with van der Waals surface area (Å²) < 4.78 is 5.34. The highest BCUT2D eigenvalue weighted by molar-refractivity contribution is 6.23. The number of imide groups is 1. The number of fused-ring (bicyclic) bond motifs is 1. The van der Waals surface area contributed by atoms with Gasteiger partial charge >= 0.3 is 5.97 Å². The monoisotopic (exact) mass is 335 g/mol. The summed E-state index contributed by atoms with van der Waals surface area (Å²) in [5.41, 5.74) is 1.45. The number of para-hydroxylation sites is 1. The fourth-order valence-electron chi connectivity index (χ4n) is 3.58. The van der Waals surface area contributed by atoms with Gasteiger partial charge < -0.3 is 4.74 Å². The van der Waals surface area contributed by atoms with Gasteiger partial charge in [-0.1, -0.05) is 48.5 Å². The molecule has 3 atom stereocenters. The average molecular weight is 335 g/mol. The lowest BCUT2D eigenvalue weighted by Crippen LogP contribution is -2.44. The molecule has 1 aliphatic carbocycles. The Morgan fingerprint density at radius 3 is 2.28 bits per heavy atom. The van der Waals surface area contributed by atoms with Crippen molar-refractivity contribution >= 4 is 23.5 Å². The van der Waals surface area contributed by atoms with Crippen LogP contribution in [-0.2, 0) is 25.7 Å². The van der Waals surface area contributed by atoms with Crippen LogP contribution in [0, 0.1) is 17.8 Å². The highest BCUT2D eigenvalue weighted by Gasteiger charge is 2.61. The van der Waals surface area contributed by atoms with Crippen LogP contribution in [0.15, 0.2) is 60.7 Å². The molecule has 25 heavy (non-hydrogen) atoms. The fraction of sp³-hybridized carbons (Fsp3) is 0.250. The topological polar surface area (TPSA) is 63.7 Å². The van der Waals surface area contributed by atoms with E-state index in [0.717, 1.165) is 5.56 Å². The summed E-state index contributed by atoms with van der Waals surface area (Å²) >= 11 is 0. The van der Waals surface area contributed by atoms with Gasteiger partial charge in [0, 0.05) is 0 Å². The first-order chi connectivity index (χ1) is 12.2. The molecule has 4 rings (SSSR count). The van der Waals surface area contributed by atoms with Crippen LogP contribution >= 0.6 is 0 Å². The van der Waals surface area contributed by atoms with Crippen LogP contribution < -0.4 is 4.90 Å². The Balaban J connectivity index is 1.45. The van der Waals surface area contributed by atoms with Gasteiger partial charge in [-0.3, -0.25) is 19.3 Å². The number of ether oxygens (including phenoxy) is 1. The van der Waals surface area contributed by atoms with Crippen molar-refractivity contribution in [1.82, 2.24) is 0 Å². The number of rotatable bonds is 4. The van der Waals surface area contributed by atoms with Crippen LogP contribution in [0.25, 0.3) is 0 Å². The Kier molecular flexibility index (Phi) is 3.84. The standard InChI is InChI=1S/C20H17NO4/c22-18-15-11-16(20(24)25-12-13-7-3-1-4-8-13)17(15)19(23)21(18)14-9-5-2-6-10-14/h1-10,15-17H,11-12H2/t15-,16-,17-/m0/s1. The molecule has 5 nitrogen and oxygen atoms in total. The zero-order valence-electron chi connectivity index (χ0n) is 13.5. The maximum absolute atomic E-state index is 12.7. The molecule has 0 aromatic heterocycles. The number of carbonyl (C=O) groups is 3. The van der Waals surface area contributed by atoms with Crippen LogP contribution in [0.1, 0.15) is 12.0 Å². The predicted octanol–water partition coefficient (Wildman–Crippen LogP) is 2.56. The molecule has 0 N–H and O–H groups in total. The molecule has 2 aromatic rings. The third kappa shape index (κ3) is 2.61. The second-order valence-electron chi connectivity index (χ2n) is 6.42. The van der Waals surface area contributed by atoms with Crippen molar-refractivity contribution in [1.29, 1.82) is 0 Å². The summed E-state index contributed by atoms with van der Waals surface area (Å²) in [7, 11) is 0. The van der Waals surface area contributed by atoms with E-state index in [9.17, 15) is 14.4 Å². The van der Waals surface area contributed by atoms with Gasteiger partial charge in [0.1, 0.15) is 6.61 Å². The summed E-state index contributed by atoms with van der Waals surface area (Å²) in [6, 6.07) is 18.2. The first kappa shape index (κ1) is 15.6. The van der Waals surface area contributed by atoms with Gasteiger partial charge in [0.25, 0.3) is 0 Å². The van der Waals surface area contributed by atoms with Gasteiger partial charge in [-0.25, -0.2) is 0 Å². The Morgan fingerprint density at radius 2 is 1.60 bits per heavy atom. The molecule has 0 spiro atoms. The molecular weight excluding hydrogens is 318 g/mol. The SMILES string of the molecule is O=C(OCc1ccccc1)[C@H]1C[C@@H]2C(=O)N(c3ccccc3)C(=O)[C@H]12. The quantitative estimate of drug-likeness (QED) is 0.636. The minimum absolute atomic E-state index is 0.179. The van der Waals surface area contributed by atoms with E-state index in [4.69, 9.17) is 4.74 Å². The van der Waals surface area contributed by atoms with Crippen molar-refractivity contribution in [2.45, 2.75) is 13.0 Å². The van der Waals surface area contributed by atoms with Gasteiger partial charge in [0.05, 0.1) is 23.4 Å². The highest BCUT2D eigenvalue weighted by atomic mass is 16.5. The molecule has 2 amide bonds. The molecule has 1 heterocycles. The largest absolute Gasteiger partial charge is 0.461 e. The number of esters is 1. The Labute approximate surface area is 145 Å². The van der Waals surface area contributed by atoms with Gasteiger partial charge in [-0.2, -0.15) is 0 Å². The van der Waals surface area contributed by atoms with Gasteiger partial charge in [0.15, 0.2) is 0 Å². The first-order valence-electron chi connectivity index (χ1n) is 8.30. The van der Waals surface area contributed by atoms with Crippen molar-refractivity contribution in [2.24, 2.45) is 17.8 Å². The summed E-state index contributed by atoms with van der Waals surface area (Å²) in [6.07, 6.45) is 0.381. The molecular formula is C20H17NO4. The number of nitrogens with zero attached hydrogens (tertiary/aromatic N) is 1. The van der Waals surface area contributed by atoms with E-state index in [-0.39, 0.29) is 18.4 Å². The van der Waals surface area contributed by atoms with Gasteiger partial charge in [-0.05, 0) is 24.1 Å². The third-order valence-electron chi connectivity index (χ3n) is 4.96. The molecule has 2 aromatic carbocycles. The molecule has 1 saturated carbocycles. The zero-order chi connectivity index (χ0) is 17.4. The van der Waals surface area contributed by atoms with Crippen molar-refractivity contribution < 1.29 is 19.1 Å². The number of carbonyl (C=O) groups excluding carboxylic acids is 3. The molecule has 126 valence electrons. The zero-order valence-corrected chi connectivity index (χ0v) is 13.5. The van der Waals surface area contributed by atoms with Crippen molar-refractivity contribution in [2.75, 3.05) is 4.90 Å². The average Bonchev–Trinajstić information content (AvgIpc) is 2.79. The molecule has 2 fully saturated rings. The van der Waals surface area contributed by atoms with E-state index in [1.165, 1.54) is 4.90 Å². The van der Waals surface area contributed by atoms with E-state index >= 15 is 0 Å². The summed E-state index contributed by atoms with van der Waals surface area (Å²) in [5, 5.41) is 0. The van der Waals surface area contributed by atoms with Crippen LogP contribution in [-0.4, -0.2) is 17.8 Å².